The predicted octanol–water partition coefficient (Wildman–Crippen LogP) is 2.40. The second-order valence-corrected chi connectivity index (χ2v) is 6.13. The molecule has 1 N–H and O–H groups in total. The highest BCUT2D eigenvalue weighted by atomic mass is 16.5. The number of carbonyl (C=O) groups is 1. The molecule has 2 atom stereocenters. The normalized spacial score (nSPS) is 22.5. The summed E-state index contributed by atoms with van der Waals surface area (Å²) >= 11 is 0. The maximum absolute atomic E-state index is 12.4. The van der Waals surface area contributed by atoms with Gasteiger partial charge >= 0.3 is 0 Å². The van der Waals surface area contributed by atoms with Crippen LogP contribution in [0, 0.1) is 0 Å². The molecule has 0 aliphatic carbocycles. The van der Waals surface area contributed by atoms with Crippen LogP contribution in [0.5, 0.6) is 5.75 Å². The van der Waals surface area contributed by atoms with Gasteiger partial charge in [-0.1, -0.05) is 6.07 Å². The number of rotatable bonds is 3. The number of nitrogens with zero attached hydrogens (tertiary/aromatic N) is 1. The van der Waals surface area contributed by atoms with Crippen molar-refractivity contribution in [2.75, 3.05) is 13.2 Å². The number of aliphatic hydroxyl groups excluding tert-OH is 1. The molecule has 4 heteroatoms. The third-order valence-corrected chi connectivity index (χ3v) is 4.52. The van der Waals surface area contributed by atoms with E-state index in [4.69, 9.17) is 4.74 Å². The van der Waals surface area contributed by atoms with Crippen LogP contribution in [0.15, 0.2) is 24.3 Å². The fourth-order valence-electron chi connectivity index (χ4n) is 3.31. The molecule has 4 nitrogen and oxygen atoms in total. The molecular weight excluding hydrogens is 278 g/mol. The Morgan fingerprint density at radius 1 is 1.45 bits per heavy atom. The zero-order valence-corrected chi connectivity index (χ0v) is 13.0. The number of hydrogen-bond acceptors (Lipinski definition) is 3. The van der Waals surface area contributed by atoms with Crippen molar-refractivity contribution in [1.82, 2.24) is 4.90 Å². The van der Waals surface area contributed by atoms with Crippen molar-refractivity contribution in [2.24, 2.45) is 0 Å². The molecule has 1 saturated heterocycles. The van der Waals surface area contributed by atoms with Gasteiger partial charge in [0.2, 0.25) is 5.91 Å². The van der Waals surface area contributed by atoms with Crippen LogP contribution in [0.3, 0.4) is 0 Å². The monoisotopic (exact) mass is 301 g/mol. The van der Waals surface area contributed by atoms with E-state index in [0.29, 0.717) is 0 Å². The van der Waals surface area contributed by atoms with Gasteiger partial charge in [-0.3, -0.25) is 4.79 Å². The molecule has 1 aromatic rings. The maximum Gasteiger partial charge on any atom is 0.246 e. The second kappa shape index (κ2) is 6.53. The van der Waals surface area contributed by atoms with Crippen molar-refractivity contribution in [3.63, 3.8) is 0 Å². The van der Waals surface area contributed by atoms with E-state index in [-0.39, 0.29) is 11.9 Å². The van der Waals surface area contributed by atoms with Crippen LogP contribution < -0.4 is 4.74 Å². The van der Waals surface area contributed by atoms with Gasteiger partial charge in [0.15, 0.2) is 0 Å². The number of piperidine rings is 1. The van der Waals surface area contributed by atoms with Crippen LogP contribution in [0.2, 0.25) is 0 Å². The Morgan fingerprint density at radius 3 is 3.14 bits per heavy atom. The third kappa shape index (κ3) is 3.17. The average molecular weight is 301 g/mol. The zero-order valence-electron chi connectivity index (χ0n) is 13.0. The van der Waals surface area contributed by atoms with Gasteiger partial charge in [0.05, 0.1) is 18.8 Å². The molecule has 3 rings (SSSR count). The average Bonchev–Trinajstić information content (AvgIpc) is 3.00. The van der Waals surface area contributed by atoms with Gasteiger partial charge in [-0.05, 0) is 55.5 Å². The van der Waals surface area contributed by atoms with Gasteiger partial charge in [0.25, 0.3) is 0 Å². The Labute approximate surface area is 131 Å². The lowest BCUT2D eigenvalue weighted by molar-refractivity contribution is -0.132. The largest absolute Gasteiger partial charge is 0.493 e. The molecule has 1 aromatic carbocycles. The minimum absolute atomic E-state index is 0.0117. The van der Waals surface area contributed by atoms with Gasteiger partial charge in [0.1, 0.15) is 5.75 Å². The summed E-state index contributed by atoms with van der Waals surface area (Å²) < 4.78 is 5.49. The Hall–Kier alpha value is -1.81. The van der Waals surface area contributed by atoms with Gasteiger partial charge in [-0.25, -0.2) is 0 Å². The Kier molecular flexibility index (Phi) is 4.48. The number of ether oxygens (including phenoxy) is 1. The minimum Gasteiger partial charge on any atom is -0.493 e. The van der Waals surface area contributed by atoms with E-state index in [1.807, 2.05) is 18.2 Å². The number of fused-ring (bicyclic) bond motifs is 1. The van der Waals surface area contributed by atoms with E-state index < -0.39 is 6.10 Å². The molecule has 1 fully saturated rings. The number of carbonyl (C=O) groups excluding carboxylic acids is 1. The summed E-state index contributed by atoms with van der Waals surface area (Å²) in [5.74, 6) is 0.941. The molecule has 2 aliphatic heterocycles. The van der Waals surface area contributed by atoms with Crippen molar-refractivity contribution < 1.29 is 14.6 Å². The molecular formula is C18H23NO3. The highest BCUT2D eigenvalue weighted by Crippen LogP contribution is 2.26. The first kappa shape index (κ1) is 15.1. The van der Waals surface area contributed by atoms with Crippen molar-refractivity contribution >= 4 is 12.0 Å². The van der Waals surface area contributed by atoms with Crippen molar-refractivity contribution in [2.45, 2.75) is 44.8 Å². The molecule has 2 aliphatic rings. The lowest BCUT2D eigenvalue weighted by atomic mass is 9.98. The van der Waals surface area contributed by atoms with Crippen LogP contribution in [-0.2, 0) is 11.2 Å². The van der Waals surface area contributed by atoms with Gasteiger partial charge < -0.3 is 14.7 Å². The SMILES string of the molecule is CC(O)C1CCCCN1C(=O)/C=C/c1ccc2c(c1)CCO2. The van der Waals surface area contributed by atoms with Crippen LogP contribution >= 0.6 is 0 Å². The molecule has 0 spiro atoms. The molecule has 0 bridgehead atoms. The Morgan fingerprint density at radius 2 is 2.32 bits per heavy atom. The standard InChI is InChI=1S/C18H23NO3/c1-13(20)16-4-2-3-10-19(16)18(21)8-6-14-5-7-17-15(12-14)9-11-22-17/h5-8,12-13,16,20H,2-4,9-11H2,1H3/b8-6+. The summed E-state index contributed by atoms with van der Waals surface area (Å²) in [5, 5.41) is 9.86. The summed E-state index contributed by atoms with van der Waals surface area (Å²) in [7, 11) is 0. The highest BCUT2D eigenvalue weighted by Gasteiger charge is 2.28. The summed E-state index contributed by atoms with van der Waals surface area (Å²) in [6.07, 6.45) is 6.91. The topological polar surface area (TPSA) is 49.8 Å². The second-order valence-electron chi connectivity index (χ2n) is 6.13. The molecule has 118 valence electrons. The number of aliphatic hydroxyl groups is 1. The first-order valence-electron chi connectivity index (χ1n) is 8.07. The smallest absolute Gasteiger partial charge is 0.246 e. The molecule has 2 heterocycles. The summed E-state index contributed by atoms with van der Waals surface area (Å²) in [4.78, 5) is 14.2. The highest BCUT2D eigenvalue weighted by molar-refractivity contribution is 5.92. The molecule has 0 radical (unpaired) electrons. The van der Waals surface area contributed by atoms with E-state index >= 15 is 0 Å². The quantitative estimate of drug-likeness (QED) is 0.872. The van der Waals surface area contributed by atoms with E-state index in [2.05, 4.69) is 6.07 Å². The van der Waals surface area contributed by atoms with Gasteiger partial charge in [-0.2, -0.15) is 0 Å². The maximum atomic E-state index is 12.4. The lowest BCUT2D eigenvalue weighted by Crippen LogP contribution is -2.48. The van der Waals surface area contributed by atoms with Crippen molar-refractivity contribution in [3.8, 4) is 5.75 Å². The van der Waals surface area contributed by atoms with Crippen LogP contribution in [0.25, 0.3) is 6.08 Å². The van der Waals surface area contributed by atoms with Crippen molar-refractivity contribution in [1.29, 1.82) is 0 Å². The predicted molar refractivity (Wildman–Crippen MR) is 85.7 cm³/mol. The molecule has 2 unspecified atom stereocenters. The fourth-order valence-corrected chi connectivity index (χ4v) is 3.31. The fraction of sp³-hybridized carbons (Fsp3) is 0.500. The van der Waals surface area contributed by atoms with Gasteiger partial charge in [0, 0.05) is 19.0 Å². The summed E-state index contributed by atoms with van der Waals surface area (Å²) in [5.41, 5.74) is 2.22. The van der Waals surface area contributed by atoms with Gasteiger partial charge in [-0.15, -0.1) is 0 Å². The van der Waals surface area contributed by atoms with E-state index in [1.54, 1.807) is 17.9 Å². The van der Waals surface area contributed by atoms with Crippen LogP contribution in [0.1, 0.15) is 37.3 Å². The van der Waals surface area contributed by atoms with E-state index in [9.17, 15) is 9.90 Å². The molecule has 1 amide bonds. The number of likely N-dealkylation sites (tertiary alicyclic amines) is 1. The zero-order chi connectivity index (χ0) is 15.5. The van der Waals surface area contributed by atoms with Crippen LogP contribution in [0.4, 0.5) is 0 Å². The molecule has 0 aromatic heterocycles. The first-order valence-corrected chi connectivity index (χ1v) is 8.07. The summed E-state index contributed by atoms with van der Waals surface area (Å²) in [6.45, 7) is 3.24. The Balaban J connectivity index is 1.70. The summed E-state index contributed by atoms with van der Waals surface area (Å²) in [6, 6.07) is 5.95. The number of hydrogen-bond donors (Lipinski definition) is 1. The van der Waals surface area contributed by atoms with Crippen molar-refractivity contribution in [3.05, 3.63) is 35.4 Å². The van der Waals surface area contributed by atoms with E-state index in [1.165, 1.54) is 5.56 Å². The van der Waals surface area contributed by atoms with Crippen LogP contribution in [-0.4, -0.2) is 41.2 Å². The number of benzene rings is 1. The van der Waals surface area contributed by atoms with E-state index in [0.717, 1.165) is 50.1 Å². The molecule has 0 saturated carbocycles. The number of amides is 1. The minimum atomic E-state index is -0.477. The third-order valence-electron chi connectivity index (χ3n) is 4.52. The molecule has 22 heavy (non-hydrogen) atoms. The lowest BCUT2D eigenvalue weighted by Gasteiger charge is -2.36. The Bertz CT molecular complexity index is 580. The first-order chi connectivity index (χ1) is 10.6.